The molecule has 2 unspecified atom stereocenters. The van der Waals surface area contributed by atoms with Crippen molar-refractivity contribution in [3.8, 4) is 0 Å². The lowest BCUT2D eigenvalue weighted by Crippen LogP contribution is -2.32. The number of fused-ring (bicyclic) bond motifs is 1. The first kappa shape index (κ1) is 12.1. The molecule has 1 amide bonds. The average Bonchev–Trinajstić information content (AvgIpc) is 2.92. The van der Waals surface area contributed by atoms with E-state index >= 15 is 0 Å². The van der Waals surface area contributed by atoms with Gasteiger partial charge in [0.15, 0.2) is 0 Å². The molecule has 96 valence electrons. The molecule has 1 aromatic carbocycles. The SMILES string of the molecule is O=C(c1cccc(F)c1Br)N1CC2CNCC2C1. The van der Waals surface area contributed by atoms with Crippen molar-refractivity contribution in [2.45, 2.75) is 0 Å². The first-order valence-corrected chi connectivity index (χ1v) is 6.90. The number of carbonyl (C=O) groups excluding carboxylic acids is 1. The van der Waals surface area contributed by atoms with Crippen molar-refractivity contribution in [3.05, 3.63) is 34.1 Å². The smallest absolute Gasteiger partial charge is 0.255 e. The van der Waals surface area contributed by atoms with E-state index in [0.717, 1.165) is 26.2 Å². The molecule has 2 atom stereocenters. The van der Waals surface area contributed by atoms with Crippen molar-refractivity contribution in [3.63, 3.8) is 0 Å². The van der Waals surface area contributed by atoms with Gasteiger partial charge in [-0.1, -0.05) is 6.07 Å². The number of amides is 1. The maximum absolute atomic E-state index is 13.4. The summed E-state index contributed by atoms with van der Waals surface area (Å²) < 4.78 is 13.7. The Morgan fingerprint density at radius 1 is 1.33 bits per heavy atom. The van der Waals surface area contributed by atoms with Crippen LogP contribution < -0.4 is 5.32 Å². The average molecular weight is 313 g/mol. The van der Waals surface area contributed by atoms with E-state index in [1.165, 1.54) is 6.07 Å². The molecule has 2 fully saturated rings. The fourth-order valence-corrected chi connectivity index (χ4v) is 3.29. The third kappa shape index (κ3) is 1.95. The third-order valence-corrected chi connectivity index (χ3v) is 4.66. The Labute approximate surface area is 113 Å². The largest absolute Gasteiger partial charge is 0.338 e. The van der Waals surface area contributed by atoms with Crippen molar-refractivity contribution in [2.24, 2.45) is 11.8 Å². The number of nitrogens with zero attached hydrogens (tertiary/aromatic N) is 1. The zero-order valence-corrected chi connectivity index (χ0v) is 11.4. The maximum Gasteiger partial charge on any atom is 0.255 e. The molecule has 0 aromatic heterocycles. The molecule has 0 spiro atoms. The Bertz CT molecular complexity index is 482. The molecule has 0 bridgehead atoms. The van der Waals surface area contributed by atoms with E-state index in [2.05, 4.69) is 21.2 Å². The Kier molecular flexibility index (Phi) is 3.11. The van der Waals surface area contributed by atoms with Gasteiger partial charge >= 0.3 is 0 Å². The fraction of sp³-hybridized carbons (Fsp3) is 0.462. The van der Waals surface area contributed by atoms with Gasteiger partial charge in [-0.05, 0) is 39.9 Å². The van der Waals surface area contributed by atoms with Crippen LogP contribution in [0.15, 0.2) is 22.7 Å². The van der Waals surface area contributed by atoms with E-state index in [4.69, 9.17) is 0 Å². The van der Waals surface area contributed by atoms with Gasteiger partial charge < -0.3 is 10.2 Å². The molecular weight excluding hydrogens is 299 g/mol. The summed E-state index contributed by atoms with van der Waals surface area (Å²) in [7, 11) is 0. The summed E-state index contributed by atoms with van der Waals surface area (Å²) in [5.41, 5.74) is 0.419. The zero-order valence-electron chi connectivity index (χ0n) is 9.83. The predicted molar refractivity (Wildman–Crippen MR) is 69.9 cm³/mol. The molecular formula is C13H14BrFN2O. The van der Waals surface area contributed by atoms with Crippen molar-refractivity contribution in [2.75, 3.05) is 26.2 Å². The van der Waals surface area contributed by atoms with Gasteiger partial charge in [-0.25, -0.2) is 4.39 Å². The van der Waals surface area contributed by atoms with Crippen LogP contribution in [0, 0.1) is 17.7 Å². The lowest BCUT2D eigenvalue weighted by atomic mass is 10.0. The number of benzene rings is 1. The van der Waals surface area contributed by atoms with Gasteiger partial charge in [-0.15, -0.1) is 0 Å². The highest BCUT2D eigenvalue weighted by Crippen LogP contribution is 2.29. The van der Waals surface area contributed by atoms with E-state index in [0.29, 0.717) is 17.4 Å². The molecule has 1 aromatic rings. The van der Waals surface area contributed by atoms with Crippen molar-refractivity contribution in [1.82, 2.24) is 10.2 Å². The standard InChI is InChI=1S/C13H14BrFN2O/c14-12-10(2-1-3-11(12)15)13(18)17-6-8-4-16-5-9(8)7-17/h1-3,8-9,16H,4-7H2. The van der Waals surface area contributed by atoms with Gasteiger partial charge in [0.1, 0.15) is 5.82 Å². The van der Waals surface area contributed by atoms with Crippen LogP contribution in [0.1, 0.15) is 10.4 Å². The number of nitrogens with one attached hydrogen (secondary N) is 1. The first-order chi connectivity index (χ1) is 8.66. The molecule has 2 heterocycles. The van der Waals surface area contributed by atoms with E-state index in [-0.39, 0.29) is 16.2 Å². The number of carbonyl (C=O) groups is 1. The van der Waals surface area contributed by atoms with Gasteiger partial charge in [0.05, 0.1) is 10.0 Å². The van der Waals surface area contributed by atoms with Crippen molar-refractivity contribution >= 4 is 21.8 Å². The maximum atomic E-state index is 13.4. The molecule has 0 aliphatic carbocycles. The first-order valence-electron chi connectivity index (χ1n) is 6.11. The van der Waals surface area contributed by atoms with Gasteiger partial charge in [0.25, 0.3) is 5.91 Å². The minimum atomic E-state index is -0.387. The molecule has 2 saturated heterocycles. The Morgan fingerprint density at radius 2 is 2.00 bits per heavy atom. The van der Waals surface area contributed by atoms with Gasteiger partial charge in [-0.2, -0.15) is 0 Å². The minimum Gasteiger partial charge on any atom is -0.338 e. The van der Waals surface area contributed by atoms with Gasteiger partial charge in [-0.3, -0.25) is 4.79 Å². The molecule has 18 heavy (non-hydrogen) atoms. The topological polar surface area (TPSA) is 32.3 Å². The highest BCUT2D eigenvalue weighted by Gasteiger charge is 2.38. The Balaban J connectivity index is 1.81. The highest BCUT2D eigenvalue weighted by molar-refractivity contribution is 9.10. The van der Waals surface area contributed by atoms with Crippen LogP contribution in [0.25, 0.3) is 0 Å². The molecule has 2 aliphatic rings. The van der Waals surface area contributed by atoms with Crippen molar-refractivity contribution < 1.29 is 9.18 Å². The van der Waals surface area contributed by atoms with Crippen LogP contribution in [0.2, 0.25) is 0 Å². The summed E-state index contributed by atoms with van der Waals surface area (Å²) in [5.74, 6) is 0.653. The Hall–Kier alpha value is -0.940. The monoisotopic (exact) mass is 312 g/mol. The second-order valence-electron chi connectivity index (χ2n) is 4.99. The minimum absolute atomic E-state index is 0.0734. The van der Waals surface area contributed by atoms with E-state index in [1.54, 1.807) is 12.1 Å². The fourth-order valence-electron chi connectivity index (χ4n) is 2.86. The molecule has 2 aliphatic heterocycles. The quantitative estimate of drug-likeness (QED) is 0.859. The predicted octanol–water partition coefficient (Wildman–Crippen LogP) is 1.88. The number of hydrogen-bond donors (Lipinski definition) is 1. The van der Waals surface area contributed by atoms with Gasteiger partial charge in [0.2, 0.25) is 0 Å². The lowest BCUT2D eigenvalue weighted by Gasteiger charge is -2.18. The number of likely N-dealkylation sites (tertiary alicyclic amines) is 1. The molecule has 3 rings (SSSR count). The van der Waals surface area contributed by atoms with E-state index < -0.39 is 0 Å². The lowest BCUT2D eigenvalue weighted by molar-refractivity contribution is 0.0780. The number of halogens is 2. The summed E-state index contributed by atoms with van der Waals surface area (Å²) in [6, 6.07) is 4.59. The number of rotatable bonds is 1. The molecule has 3 nitrogen and oxygen atoms in total. The number of hydrogen-bond acceptors (Lipinski definition) is 2. The zero-order chi connectivity index (χ0) is 12.7. The van der Waals surface area contributed by atoms with Crippen LogP contribution in [-0.2, 0) is 0 Å². The van der Waals surface area contributed by atoms with E-state index in [9.17, 15) is 9.18 Å². The van der Waals surface area contributed by atoms with Crippen molar-refractivity contribution in [1.29, 1.82) is 0 Å². The Morgan fingerprint density at radius 3 is 2.67 bits per heavy atom. The normalized spacial score (nSPS) is 26.4. The third-order valence-electron chi connectivity index (χ3n) is 3.86. The van der Waals surface area contributed by atoms with Crippen LogP contribution in [0.4, 0.5) is 4.39 Å². The summed E-state index contributed by atoms with van der Waals surface area (Å²) in [6.45, 7) is 3.52. The molecule has 5 heteroatoms. The summed E-state index contributed by atoms with van der Waals surface area (Å²) in [4.78, 5) is 14.2. The second-order valence-corrected chi connectivity index (χ2v) is 5.78. The van der Waals surface area contributed by atoms with Crippen LogP contribution >= 0.6 is 15.9 Å². The molecule has 0 radical (unpaired) electrons. The van der Waals surface area contributed by atoms with Crippen LogP contribution in [0.5, 0.6) is 0 Å². The van der Waals surface area contributed by atoms with E-state index in [1.807, 2.05) is 4.90 Å². The molecule has 1 N–H and O–H groups in total. The summed E-state index contributed by atoms with van der Waals surface area (Å²) in [6.07, 6.45) is 0. The van der Waals surface area contributed by atoms with Crippen LogP contribution in [0.3, 0.4) is 0 Å². The second kappa shape index (κ2) is 4.63. The summed E-state index contributed by atoms with van der Waals surface area (Å²) >= 11 is 3.15. The summed E-state index contributed by atoms with van der Waals surface area (Å²) in [5, 5.41) is 3.34. The van der Waals surface area contributed by atoms with Crippen LogP contribution in [-0.4, -0.2) is 37.0 Å². The highest BCUT2D eigenvalue weighted by atomic mass is 79.9. The molecule has 0 saturated carbocycles. The van der Waals surface area contributed by atoms with Gasteiger partial charge in [0, 0.05) is 26.2 Å².